The quantitative estimate of drug-likeness (QED) is 0.789. The van der Waals surface area contributed by atoms with E-state index >= 15 is 0 Å². The van der Waals surface area contributed by atoms with Gasteiger partial charge in [-0.15, -0.1) is 0 Å². The zero-order chi connectivity index (χ0) is 12.3. The van der Waals surface area contributed by atoms with Crippen LogP contribution < -0.4 is 4.74 Å². The summed E-state index contributed by atoms with van der Waals surface area (Å²) >= 11 is 9.14. The Morgan fingerprint density at radius 1 is 1.12 bits per heavy atom. The van der Waals surface area contributed by atoms with Gasteiger partial charge < -0.3 is 4.74 Å². The van der Waals surface area contributed by atoms with E-state index in [1.165, 1.54) is 6.07 Å². The summed E-state index contributed by atoms with van der Waals surface area (Å²) in [4.78, 5) is 0. The lowest BCUT2D eigenvalue weighted by atomic mass is 10.2. The molecule has 0 aliphatic rings. The lowest BCUT2D eigenvalue weighted by Crippen LogP contribution is -1.98. The number of rotatable bonds is 3. The van der Waals surface area contributed by atoms with Crippen molar-refractivity contribution >= 4 is 27.5 Å². The van der Waals surface area contributed by atoms with Gasteiger partial charge in [0.05, 0.1) is 9.50 Å². The van der Waals surface area contributed by atoms with Crippen molar-refractivity contribution in [2.75, 3.05) is 0 Å². The van der Waals surface area contributed by atoms with Gasteiger partial charge in [0.1, 0.15) is 18.2 Å². The van der Waals surface area contributed by atoms with Gasteiger partial charge in [0.2, 0.25) is 0 Å². The molecule has 0 heterocycles. The summed E-state index contributed by atoms with van der Waals surface area (Å²) in [5.74, 6) is 0.288. The van der Waals surface area contributed by atoms with Crippen molar-refractivity contribution in [2.24, 2.45) is 0 Å². The molecule has 0 atom stereocenters. The zero-order valence-corrected chi connectivity index (χ0v) is 11.1. The minimum absolute atomic E-state index is 0.266. The monoisotopic (exact) mass is 314 g/mol. The van der Waals surface area contributed by atoms with Crippen LogP contribution in [0.5, 0.6) is 5.75 Å². The van der Waals surface area contributed by atoms with E-state index in [-0.39, 0.29) is 12.4 Å². The number of hydrogen-bond acceptors (Lipinski definition) is 1. The minimum Gasteiger partial charge on any atom is -0.487 e. The first-order valence-electron chi connectivity index (χ1n) is 4.98. The fourth-order valence-corrected chi connectivity index (χ4v) is 1.95. The predicted octanol–water partition coefficient (Wildman–Crippen LogP) is 4.82. The third-order valence-electron chi connectivity index (χ3n) is 2.25. The van der Waals surface area contributed by atoms with E-state index in [0.29, 0.717) is 15.2 Å². The third-order valence-corrected chi connectivity index (χ3v) is 3.45. The van der Waals surface area contributed by atoms with Crippen molar-refractivity contribution < 1.29 is 9.13 Å². The van der Waals surface area contributed by atoms with E-state index in [1.54, 1.807) is 24.3 Å². The number of benzene rings is 2. The Kier molecular flexibility index (Phi) is 4.02. The molecule has 88 valence electrons. The second-order valence-corrected chi connectivity index (χ2v) is 4.63. The molecule has 0 saturated heterocycles. The van der Waals surface area contributed by atoms with Crippen molar-refractivity contribution in [1.82, 2.24) is 0 Å². The van der Waals surface area contributed by atoms with Gasteiger partial charge >= 0.3 is 0 Å². The van der Waals surface area contributed by atoms with Crippen LogP contribution in [0.3, 0.4) is 0 Å². The van der Waals surface area contributed by atoms with Crippen LogP contribution >= 0.6 is 27.5 Å². The molecule has 0 radical (unpaired) electrons. The molecule has 0 saturated carbocycles. The Labute approximate surface area is 112 Å². The molecule has 0 aliphatic heterocycles. The highest BCUT2D eigenvalue weighted by Crippen LogP contribution is 2.26. The van der Waals surface area contributed by atoms with Crippen LogP contribution in [0.25, 0.3) is 0 Å². The molecule has 0 spiro atoms. The van der Waals surface area contributed by atoms with E-state index in [4.69, 9.17) is 16.3 Å². The zero-order valence-electron chi connectivity index (χ0n) is 8.79. The molecule has 4 heteroatoms. The third kappa shape index (κ3) is 2.99. The van der Waals surface area contributed by atoms with E-state index in [9.17, 15) is 4.39 Å². The maximum Gasteiger partial charge on any atom is 0.138 e. The van der Waals surface area contributed by atoms with Crippen molar-refractivity contribution in [3.63, 3.8) is 0 Å². The van der Waals surface area contributed by atoms with Crippen LogP contribution in [0.4, 0.5) is 4.39 Å². The highest BCUT2D eigenvalue weighted by atomic mass is 79.9. The molecule has 2 aromatic rings. The largest absolute Gasteiger partial charge is 0.487 e. The van der Waals surface area contributed by atoms with Gasteiger partial charge in [0.25, 0.3) is 0 Å². The SMILES string of the molecule is Fc1cccc(COc2ccccc2Cl)c1Br. The van der Waals surface area contributed by atoms with Crippen molar-refractivity contribution in [3.05, 3.63) is 63.3 Å². The van der Waals surface area contributed by atoms with E-state index in [0.717, 1.165) is 5.56 Å². The summed E-state index contributed by atoms with van der Waals surface area (Å²) in [6, 6.07) is 12.0. The van der Waals surface area contributed by atoms with Gasteiger partial charge in [-0.1, -0.05) is 35.9 Å². The molecule has 0 unspecified atom stereocenters. The molecular formula is C13H9BrClFO. The number of ether oxygens (including phenoxy) is 1. The average molecular weight is 316 g/mol. The summed E-state index contributed by atoms with van der Waals surface area (Å²) in [6.07, 6.45) is 0. The molecule has 2 rings (SSSR count). The average Bonchev–Trinajstić information content (AvgIpc) is 2.33. The van der Waals surface area contributed by atoms with Crippen LogP contribution in [0.1, 0.15) is 5.56 Å². The summed E-state index contributed by atoms with van der Waals surface area (Å²) in [6.45, 7) is 0.266. The van der Waals surface area contributed by atoms with Crippen molar-refractivity contribution in [2.45, 2.75) is 6.61 Å². The molecule has 2 aromatic carbocycles. The Morgan fingerprint density at radius 3 is 2.65 bits per heavy atom. The Bertz CT molecular complexity index is 531. The first kappa shape index (κ1) is 12.4. The van der Waals surface area contributed by atoms with Crippen molar-refractivity contribution in [3.8, 4) is 5.75 Å². The molecule has 17 heavy (non-hydrogen) atoms. The Morgan fingerprint density at radius 2 is 1.88 bits per heavy atom. The first-order valence-corrected chi connectivity index (χ1v) is 6.16. The van der Waals surface area contributed by atoms with E-state index in [1.807, 2.05) is 12.1 Å². The van der Waals surface area contributed by atoms with E-state index in [2.05, 4.69) is 15.9 Å². The lowest BCUT2D eigenvalue weighted by molar-refractivity contribution is 0.305. The maximum absolute atomic E-state index is 13.3. The molecule has 0 aromatic heterocycles. The van der Waals surface area contributed by atoms with Crippen LogP contribution in [0.15, 0.2) is 46.9 Å². The van der Waals surface area contributed by atoms with Crippen molar-refractivity contribution in [1.29, 1.82) is 0 Å². The summed E-state index contributed by atoms with van der Waals surface area (Å²) in [5, 5.41) is 0.542. The van der Waals surface area contributed by atoms with Crippen LogP contribution in [-0.2, 0) is 6.61 Å². The Balaban J connectivity index is 2.13. The standard InChI is InChI=1S/C13H9BrClFO/c14-13-9(4-3-6-11(13)16)8-17-12-7-2-1-5-10(12)15/h1-7H,8H2. The van der Waals surface area contributed by atoms with Gasteiger partial charge in [-0.25, -0.2) is 4.39 Å². The molecular weight excluding hydrogens is 306 g/mol. The number of halogens is 3. The molecule has 0 fully saturated rings. The number of para-hydroxylation sites is 1. The molecule has 0 bridgehead atoms. The van der Waals surface area contributed by atoms with Crippen LogP contribution in [0.2, 0.25) is 5.02 Å². The summed E-state index contributed by atoms with van der Waals surface area (Å²) in [5.41, 5.74) is 0.741. The van der Waals surface area contributed by atoms with Gasteiger partial charge in [0, 0.05) is 5.56 Å². The first-order chi connectivity index (χ1) is 8.18. The fraction of sp³-hybridized carbons (Fsp3) is 0.0769. The Hall–Kier alpha value is -1.06. The topological polar surface area (TPSA) is 9.23 Å². The van der Waals surface area contributed by atoms with Gasteiger partial charge in [0.15, 0.2) is 0 Å². The second kappa shape index (κ2) is 5.52. The van der Waals surface area contributed by atoms with E-state index < -0.39 is 0 Å². The predicted molar refractivity (Wildman–Crippen MR) is 69.9 cm³/mol. The molecule has 0 amide bonds. The maximum atomic E-state index is 13.3. The lowest BCUT2D eigenvalue weighted by Gasteiger charge is -2.09. The normalized spacial score (nSPS) is 10.3. The molecule has 1 nitrogen and oxygen atoms in total. The highest BCUT2D eigenvalue weighted by Gasteiger charge is 2.06. The van der Waals surface area contributed by atoms with Gasteiger partial charge in [-0.3, -0.25) is 0 Å². The molecule has 0 N–H and O–H groups in total. The minimum atomic E-state index is -0.301. The smallest absolute Gasteiger partial charge is 0.138 e. The summed E-state index contributed by atoms with van der Waals surface area (Å²) in [7, 11) is 0. The number of hydrogen-bond donors (Lipinski definition) is 0. The highest BCUT2D eigenvalue weighted by molar-refractivity contribution is 9.10. The second-order valence-electron chi connectivity index (χ2n) is 3.43. The van der Waals surface area contributed by atoms with Crippen LogP contribution in [0, 0.1) is 5.82 Å². The fourth-order valence-electron chi connectivity index (χ4n) is 1.38. The van der Waals surface area contributed by atoms with Gasteiger partial charge in [-0.2, -0.15) is 0 Å². The molecule has 0 aliphatic carbocycles. The van der Waals surface area contributed by atoms with Crippen LogP contribution in [-0.4, -0.2) is 0 Å². The van der Waals surface area contributed by atoms with Gasteiger partial charge in [-0.05, 0) is 34.1 Å². The summed E-state index contributed by atoms with van der Waals surface area (Å²) < 4.78 is 19.2.